The maximum absolute atomic E-state index is 12.6. The third-order valence-corrected chi connectivity index (χ3v) is 5.76. The van der Waals surface area contributed by atoms with Gasteiger partial charge >= 0.3 is 0 Å². The van der Waals surface area contributed by atoms with Crippen molar-refractivity contribution < 1.29 is 8.42 Å². The summed E-state index contributed by atoms with van der Waals surface area (Å²) >= 11 is 6.02. The van der Waals surface area contributed by atoms with Gasteiger partial charge in [0.25, 0.3) is 0 Å². The zero-order valence-electron chi connectivity index (χ0n) is 11.4. The fraction of sp³-hybridized carbons (Fsp3) is 0.125. The Balaban J connectivity index is 2.00. The third kappa shape index (κ3) is 2.69. The summed E-state index contributed by atoms with van der Waals surface area (Å²) in [4.78, 5) is 3.39. The minimum atomic E-state index is -3.41. The van der Waals surface area contributed by atoms with Crippen LogP contribution in [0.15, 0.2) is 53.6 Å². The minimum absolute atomic E-state index is 0.0324. The van der Waals surface area contributed by atoms with Crippen molar-refractivity contribution in [2.45, 2.75) is 17.6 Å². The van der Waals surface area contributed by atoms with E-state index in [0.717, 1.165) is 16.5 Å². The van der Waals surface area contributed by atoms with Crippen molar-refractivity contribution in [2.75, 3.05) is 0 Å². The Morgan fingerprint density at radius 2 is 1.95 bits per heavy atom. The van der Waals surface area contributed by atoms with Crippen molar-refractivity contribution >= 4 is 32.3 Å². The number of benzene rings is 2. The second kappa shape index (κ2) is 5.20. The van der Waals surface area contributed by atoms with Gasteiger partial charge in [0, 0.05) is 16.7 Å². The molecule has 0 spiro atoms. The number of hydrogen-bond donors (Lipinski definition) is 1. The van der Waals surface area contributed by atoms with Gasteiger partial charge in [0.05, 0.1) is 10.6 Å². The van der Waals surface area contributed by atoms with Crippen molar-refractivity contribution in [3.8, 4) is 0 Å². The molecule has 5 heteroatoms. The van der Waals surface area contributed by atoms with Crippen molar-refractivity contribution in [1.29, 1.82) is 0 Å². The molecule has 3 nitrogen and oxygen atoms in total. The second-order valence-electron chi connectivity index (χ2n) is 5.02. The van der Waals surface area contributed by atoms with E-state index in [4.69, 9.17) is 11.6 Å². The molecule has 1 heterocycles. The van der Waals surface area contributed by atoms with Gasteiger partial charge in [0.2, 0.25) is 0 Å². The summed E-state index contributed by atoms with van der Waals surface area (Å²) in [6.07, 6.45) is 1.84. The van der Waals surface area contributed by atoms with Gasteiger partial charge in [-0.2, -0.15) is 0 Å². The van der Waals surface area contributed by atoms with Crippen LogP contribution in [0.3, 0.4) is 0 Å². The first-order valence-corrected chi connectivity index (χ1v) is 8.54. The summed E-state index contributed by atoms with van der Waals surface area (Å²) in [5.74, 6) is -0.0324. The Morgan fingerprint density at radius 1 is 1.14 bits per heavy atom. The number of rotatable bonds is 3. The molecular weight excluding hydrogens is 306 g/mol. The first kappa shape index (κ1) is 14.2. The van der Waals surface area contributed by atoms with E-state index in [1.54, 1.807) is 25.1 Å². The Labute approximate surface area is 128 Å². The topological polar surface area (TPSA) is 49.9 Å². The number of H-pyrrole nitrogens is 1. The lowest BCUT2D eigenvalue weighted by Crippen LogP contribution is -2.07. The Hall–Kier alpha value is -1.78. The maximum atomic E-state index is 12.6. The van der Waals surface area contributed by atoms with Crippen molar-refractivity contribution in [2.24, 2.45) is 0 Å². The molecule has 2 aromatic carbocycles. The summed E-state index contributed by atoms with van der Waals surface area (Å²) in [6, 6.07) is 12.5. The monoisotopic (exact) mass is 319 g/mol. The minimum Gasteiger partial charge on any atom is -0.361 e. The highest BCUT2D eigenvalue weighted by Gasteiger charge is 2.19. The SMILES string of the molecule is Cc1c(Cl)cccc1S(=O)(=O)Cc1ccc2[nH]ccc2c1. The van der Waals surface area contributed by atoms with Crippen LogP contribution >= 0.6 is 11.6 Å². The van der Waals surface area contributed by atoms with Crippen LogP contribution in [0, 0.1) is 6.92 Å². The molecule has 0 atom stereocenters. The second-order valence-corrected chi connectivity index (χ2v) is 7.39. The van der Waals surface area contributed by atoms with Crippen LogP contribution < -0.4 is 0 Å². The summed E-state index contributed by atoms with van der Waals surface area (Å²) in [5.41, 5.74) is 2.36. The molecule has 21 heavy (non-hydrogen) atoms. The summed E-state index contributed by atoms with van der Waals surface area (Å²) in [6.45, 7) is 1.73. The van der Waals surface area contributed by atoms with Crippen LogP contribution in [0.2, 0.25) is 5.02 Å². The lowest BCUT2D eigenvalue weighted by atomic mass is 10.2. The molecule has 3 aromatic rings. The van der Waals surface area contributed by atoms with Crippen molar-refractivity contribution in [3.05, 3.63) is 64.8 Å². The van der Waals surface area contributed by atoms with Gasteiger partial charge in [-0.1, -0.05) is 23.7 Å². The van der Waals surface area contributed by atoms with Crippen LogP contribution in [0.4, 0.5) is 0 Å². The third-order valence-electron chi connectivity index (χ3n) is 3.53. The number of halogens is 1. The van der Waals surface area contributed by atoms with Crippen LogP contribution in [-0.4, -0.2) is 13.4 Å². The predicted octanol–water partition coefficient (Wildman–Crippen LogP) is 4.10. The predicted molar refractivity (Wildman–Crippen MR) is 85.4 cm³/mol. The van der Waals surface area contributed by atoms with Gasteiger partial charge < -0.3 is 4.98 Å². The van der Waals surface area contributed by atoms with E-state index in [9.17, 15) is 8.42 Å². The quantitative estimate of drug-likeness (QED) is 0.790. The molecule has 0 amide bonds. The molecule has 0 fully saturated rings. The van der Waals surface area contributed by atoms with Crippen LogP contribution in [0.1, 0.15) is 11.1 Å². The summed E-state index contributed by atoms with van der Waals surface area (Å²) in [7, 11) is -3.41. The molecule has 0 saturated heterocycles. The summed E-state index contributed by atoms with van der Waals surface area (Å²) in [5, 5.41) is 1.47. The van der Waals surface area contributed by atoms with Crippen LogP contribution in [0.25, 0.3) is 10.9 Å². The Bertz CT molecular complexity index is 913. The number of sulfone groups is 1. The van der Waals surface area contributed by atoms with E-state index in [1.165, 1.54) is 0 Å². The fourth-order valence-corrected chi connectivity index (χ4v) is 4.28. The molecule has 0 aliphatic carbocycles. The maximum Gasteiger partial charge on any atom is 0.182 e. The highest BCUT2D eigenvalue weighted by molar-refractivity contribution is 7.90. The molecule has 0 unspecified atom stereocenters. The first-order chi connectivity index (χ1) is 9.97. The smallest absolute Gasteiger partial charge is 0.182 e. The zero-order chi connectivity index (χ0) is 15.0. The lowest BCUT2D eigenvalue weighted by Gasteiger charge is -2.09. The van der Waals surface area contributed by atoms with Gasteiger partial charge in [-0.25, -0.2) is 8.42 Å². The first-order valence-electron chi connectivity index (χ1n) is 6.51. The normalized spacial score (nSPS) is 11.9. The van der Waals surface area contributed by atoms with Gasteiger partial charge in [-0.3, -0.25) is 0 Å². The molecule has 1 N–H and O–H groups in total. The Kier molecular flexibility index (Phi) is 3.51. The summed E-state index contributed by atoms with van der Waals surface area (Å²) < 4.78 is 25.2. The number of aromatic nitrogens is 1. The Morgan fingerprint density at radius 3 is 2.76 bits per heavy atom. The molecule has 108 valence electrons. The fourth-order valence-electron chi connectivity index (χ4n) is 2.41. The van der Waals surface area contributed by atoms with Crippen molar-refractivity contribution in [3.63, 3.8) is 0 Å². The van der Waals surface area contributed by atoms with E-state index in [-0.39, 0.29) is 5.75 Å². The van der Waals surface area contributed by atoms with Gasteiger partial charge in [-0.05, 0) is 53.8 Å². The van der Waals surface area contributed by atoms with Gasteiger partial charge in [0.15, 0.2) is 9.84 Å². The standard InChI is InChI=1S/C16H14ClNO2S/c1-11-14(17)3-2-4-16(11)21(19,20)10-12-5-6-15-13(9-12)7-8-18-15/h2-9,18H,10H2,1H3. The van der Waals surface area contributed by atoms with E-state index in [0.29, 0.717) is 15.5 Å². The van der Waals surface area contributed by atoms with E-state index < -0.39 is 9.84 Å². The van der Waals surface area contributed by atoms with E-state index >= 15 is 0 Å². The molecule has 0 bridgehead atoms. The lowest BCUT2D eigenvalue weighted by molar-refractivity contribution is 0.594. The van der Waals surface area contributed by atoms with E-state index in [1.807, 2.05) is 30.5 Å². The number of fused-ring (bicyclic) bond motifs is 1. The van der Waals surface area contributed by atoms with Crippen LogP contribution in [-0.2, 0) is 15.6 Å². The van der Waals surface area contributed by atoms with Crippen LogP contribution in [0.5, 0.6) is 0 Å². The number of hydrogen-bond acceptors (Lipinski definition) is 2. The molecule has 0 aliphatic heterocycles. The molecule has 0 radical (unpaired) electrons. The number of nitrogens with one attached hydrogen (secondary N) is 1. The molecule has 1 aromatic heterocycles. The van der Waals surface area contributed by atoms with Crippen molar-refractivity contribution in [1.82, 2.24) is 4.98 Å². The highest BCUT2D eigenvalue weighted by atomic mass is 35.5. The molecule has 0 saturated carbocycles. The largest absolute Gasteiger partial charge is 0.361 e. The van der Waals surface area contributed by atoms with E-state index in [2.05, 4.69) is 4.98 Å². The average Bonchev–Trinajstić information content (AvgIpc) is 2.88. The molecular formula is C16H14ClNO2S. The van der Waals surface area contributed by atoms with Gasteiger partial charge in [-0.15, -0.1) is 0 Å². The molecule has 0 aliphatic rings. The zero-order valence-corrected chi connectivity index (χ0v) is 13.0. The average molecular weight is 320 g/mol. The van der Waals surface area contributed by atoms with Gasteiger partial charge in [0.1, 0.15) is 0 Å². The highest BCUT2D eigenvalue weighted by Crippen LogP contribution is 2.26. The number of aromatic amines is 1. The molecule has 3 rings (SSSR count).